The van der Waals surface area contributed by atoms with E-state index in [2.05, 4.69) is 4.98 Å². The second kappa shape index (κ2) is 5.42. The van der Waals surface area contributed by atoms with Gasteiger partial charge in [-0.05, 0) is 12.8 Å². The number of carbonyl (C=O) groups excluding carboxylic acids is 2. The van der Waals surface area contributed by atoms with Gasteiger partial charge < -0.3 is 15.2 Å². The lowest BCUT2D eigenvalue weighted by atomic mass is 9.86. The van der Waals surface area contributed by atoms with E-state index >= 15 is 0 Å². The monoisotopic (exact) mass is 264 g/mol. The standard InChI is InChI=1S/C13H20N4O2/c1-3-6-17-11(18)5-4-9(13(14)19)12(17)10-7-15-8-16(10)2/h7-9,12H,3-6H2,1-2H3,(H2,14,19)/t9-,12+/m1/s1. The van der Waals surface area contributed by atoms with Gasteiger partial charge in [0.25, 0.3) is 0 Å². The maximum Gasteiger partial charge on any atom is 0.223 e. The number of carbonyl (C=O) groups is 2. The van der Waals surface area contributed by atoms with Crippen molar-refractivity contribution in [2.45, 2.75) is 32.2 Å². The third-order valence-corrected chi connectivity index (χ3v) is 3.69. The lowest BCUT2D eigenvalue weighted by molar-refractivity contribution is -0.142. The number of aromatic nitrogens is 2. The van der Waals surface area contributed by atoms with E-state index in [4.69, 9.17) is 5.73 Å². The van der Waals surface area contributed by atoms with Crippen LogP contribution in [0, 0.1) is 5.92 Å². The molecule has 6 heteroatoms. The van der Waals surface area contributed by atoms with Crippen LogP contribution in [0.25, 0.3) is 0 Å². The molecule has 2 rings (SSSR count). The van der Waals surface area contributed by atoms with Crippen LogP contribution >= 0.6 is 0 Å². The van der Waals surface area contributed by atoms with Crippen molar-refractivity contribution in [1.82, 2.24) is 14.5 Å². The van der Waals surface area contributed by atoms with Gasteiger partial charge in [0.2, 0.25) is 11.8 Å². The molecule has 1 aliphatic rings. The maximum absolute atomic E-state index is 12.1. The van der Waals surface area contributed by atoms with Gasteiger partial charge >= 0.3 is 0 Å². The number of amides is 2. The average molecular weight is 264 g/mol. The van der Waals surface area contributed by atoms with Crippen LogP contribution in [0.2, 0.25) is 0 Å². The number of aryl methyl sites for hydroxylation is 1. The van der Waals surface area contributed by atoms with Crippen molar-refractivity contribution < 1.29 is 9.59 Å². The summed E-state index contributed by atoms with van der Waals surface area (Å²) in [5.74, 6) is -0.593. The van der Waals surface area contributed by atoms with Gasteiger partial charge in [-0.15, -0.1) is 0 Å². The van der Waals surface area contributed by atoms with Gasteiger partial charge in [-0.1, -0.05) is 6.92 Å². The van der Waals surface area contributed by atoms with Crippen LogP contribution in [0.5, 0.6) is 0 Å². The Balaban J connectivity index is 2.41. The summed E-state index contributed by atoms with van der Waals surface area (Å²) in [5.41, 5.74) is 6.38. The van der Waals surface area contributed by atoms with Crippen molar-refractivity contribution in [1.29, 1.82) is 0 Å². The molecule has 2 atom stereocenters. The van der Waals surface area contributed by atoms with Crippen molar-refractivity contribution >= 4 is 11.8 Å². The van der Waals surface area contributed by atoms with Gasteiger partial charge in [-0.25, -0.2) is 4.98 Å². The number of hydrogen-bond acceptors (Lipinski definition) is 3. The molecular formula is C13H20N4O2. The molecule has 0 unspecified atom stereocenters. The Hall–Kier alpha value is -1.85. The predicted octanol–water partition coefficient (Wildman–Crippen LogP) is 0.595. The Kier molecular flexibility index (Phi) is 3.87. The molecule has 104 valence electrons. The summed E-state index contributed by atoms with van der Waals surface area (Å²) in [6, 6.07) is -0.286. The average Bonchev–Trinajstić information content (AvgIpc) is 2.77. The van der Waals surface area contributed by atoms with Crippen molar-refractivity contribution in [3.8, 4) is 0 Å². The van der Waals surface area contributed by atoms with Crippen molar-refractivity contribution in [2.75, 3.05) is 6.54 Å². The van der Waals surface area contributed by atoms with Gasteiger partial charge in [0.1, 0.15) is 0 Å². The van der Waals surface area contributed by atoms with Crippen LogP contribution in [-0.2, 0) is 16.6 Å². The van der Waals surface area contributed by atoms with Gasteiger partial charge in [-0.3, -0.25) is 9.59 Å². The fourth-order valence-corrected chi connectivity index (χ4v) is 2.77. The second-order valence-electron chi connectivity index (χ2n) is 5.01. The summed E-state index contributed by atoms with van der Waals surface area (Å²) < 4.78 is 1.85. The molecule has 1 aromatic heterocycles. The molecule has 0 aliphatic carbocycles. The SMILES string of the molecule is CCCN1C(=O)CC[C@@H](C(N)=O)[C@H]1c1cncn1C. The van der Waals surface area contributed by atoms with Crippen LogP contribution in [0.15, 0.2) is 12.5 Å². The highest BCUT2D eigenvalue weighted by Gasteiger charge is 2.40. The summed E-state index contributed by atoms with van der Waals surface area (Å²) >= 11 is 0. The number of likely N-dealkylation sites (tertiary alicyclic amines) is 1. The summed E-state index contributed by atoms with van der Waals surface area (Å²) in [6.45, 7) is 2.65. The second-order valence-corrected chi connectivity index (χ2v) is 5.01. The minimum atomic E-state index is -0.347. The Morgan fingerprint density at radius 3 is 2.84 bits per heavy atom. The third-order valence-electron chi connectivity index (χ3n) is 3.69. The van der Waals surface area contributed by atoms with Gasteiger partial charge in [-0.2, -0.15) is 0 Å². The minimum Gasteiger partial charge on any atom is -0.369 e. The number of rotatable bonds is 4. The van der Waals surface area contributed by atoms with Gasteiger partial charge in [0.15, 0.2) is 0 Å². The normalized spacial score (nSPS) is 23.7. The highest BCUT2D eigenvalue weighted by Crippen LogP contribution is 2.36. The number of nitrogens with two attached hydrogens (primary N) is 1. The molecule has 1 aromatic rings. The molecule has 2 heterocycles. The molecule has 1 fully saturated rings. The first-order chi connectivity index (χ1) is 9.06. The maximum atomic E-state index is 12.1. The Morgan fingerprint density at radius 1 is 1.58 bits per heavy atom. The van der Waals surface area contributed by atoms with E-state index in [0.29, 0.717) is 19.4 Å². The van der Waals surface area contributed by atoms with E-state index in [1.807, 2.05) is 18.5 Å². The van der Waals surface area contributed by atoms with Gasteiger partial charge in [0, 0.05) is 20.0 Å². The summed E-state index contributed by atoms with van der Waals surface area (Å²) in [7, 11) is 1.86. The zero-order valence-electron chi connectivity index (χ0n) is 11.4. The molecule has 2 N–H and O–H groups in total. The highest BCUT2D eigenvalue weighted by atomic mass is 16.2. The van der Waals surface area contributed by atoms with Crippen LogP contribution in [-0.4, -0.2) is 32.8 Å². The fourth-order valence-electron chi connectivity index (χ4n) is 2.77. The fraction of sp³-hybridized carbons (Fsp3) is 0.615. The minimum absolute atomic E-state index is 0.0885. The van der Waals surface area contributed by atoms with Crippen molar-refractivity contribution in [3.05, 3.63) is 18.2 Å². The van der Waals surface area contributed by atoms with Crippen molar-refractivity contribution in [2.24, 2.45) is 18.7 Å². The summed E-state index contributed by atoms with van der Waals surface area (Å²) in [6.07, 6.45) is 5.15. The predicted molar refractivity (Wildman–Crippen MR) is 69.9 cm³/mol. The first-order valence-corrected chi connectivity index (χ1v) is 6.61. The molecule has 0 saturated carbocycles. The Labute approximate surface area is 112 Å². The molecule has 6 nitrogen and oxygen atoms in total. The number of nitrogens with zero attached hydrogens (tertiary/aromatic N) is 3. The van der Waals surface area contributed by atoms with Crippen LogP contribution < -0.4 is 5.73 Å². The smallest absolute Gasteiger partial charge is 0.223 e. The van der Waals surface area contributed by atoms with E-state index in [0.717, 1.165) is 12.1 Å². The van der Waals surface area contributed by atoms with E-state index in [9.17, 15) is 9.59 Å². The molecule has 2 amide bonds. The van der Waals surface area contributed by atoms with E-state index < -0.39 is 0 Å². The number of imidazole rings is 1. The van der Waals surface area contributed by atoms with E-state index in [1.54, 1.807) is 17.4 Å². The highest BCUT2D eigenvalue weighted by molar-refractivity contribution is 5.84. The lowest BCUT2D eigenvalue weighted by Crippen LogP contribution is -2.47. The quantitative estimate of drug-likeness (QED) is 0.864. The van der Waals surface area contributed by atoms with Crippen LogP contribution in [0.1, 0.15) is 37.9 Å². The number of primary amides is 1. The zero-order valence-corrected chi connectivity index (χ0v) is 11.4. The molecule has 0 spiro atoms. The van der Waals surface area contributed by atoms with E-state index in [1.165, 1.54) is 0 Å². The van der Waals surface area contributed by atoms with E-state index in [-0.39, 0.29) is 23.8 Å². The molecule has 0 aromatic carbocycles. The summed E-state index contributed by atoms with van der Waals surface area (Å²) in [4.78, 5) is 29.7. The van der Waals surface area contributed by atoms with Gasteiger partial charge in [0.05, 0.1) is 30.2 Å². The lowest BCUT2D eigenvalue weighted by Gasteiger charge is -2.39. The molecule has 1 aliphatic heterocycles. The third kappa shape index (κ3) is 2.47. The van der Waals surface area contributed by atoms with Crippen LogP contribution in [0.3, 0.4) is 0 Å². The zero-order chi connectivity index (χ0) is 14.0. The first-order valence-electron chi connectivity index (χ1n) is 6.61. The molecule has 0 bridgehead atoms. The largest absolute Gasteiger partial charge is 0.369 e. The Bertz CT molecular complexity index is 483. The number of piperidine rings is 1. The Morgan fingerprint density at radius 2 is 2.32 bits per heavy atom. The first kappa shape index (κ1) is 13.6. The topological polar surface area (TPSA) is 81.2 Å². The van der Waals surface area contributed by atoms with Crippen molar-refractivity contribution in [3.63, 3.8) is 0 Å². The summed E-state index contributed by atoms with van der Waals surface area (Å²) in [5, 5.41) is 0. The molecular weight excluding hydrogens is 244 g/mol. The molecule has 19 heavy (non-hydrogen) atoms. The van der Waals surface area contributed by atoms with Crippen LogP contribution in [0.4, 0.5) is 0 Å². The number of hydrogen-bond donors (Lipinski definition) is 1. The molecule has 0 radical (unpaired) electrons. The molecule has 1 saturated heterocycles.